The molecule has 0 fully saturated rings. The SMILES string of the molecule is COc1ccc(N(c2ccc(OC)cc2)c2ccc(C(=C(c3ccc(N)cc3)c3ccc(N(c4ccc(OC)cc4)c4ccc(OC)cc4)cc3)c3ccc(N)cc3)cc2)cc1. The molecule has 0 atom stereocenters. The van der Waals surface area contributed by atoms with Gasteiger partial charge in [0.05, 0.1) is 28.4 Å². The van der Waals surface area contributed by atoms with Gasteiger partial charge in [-0.05, 0) is 179 Å². The molecule has 0 heterocycles. The fraction of sp³-hybridized carbons (Fsp3) is 0.0741. The Labute approximate surface area is 363 Å². The summed E-state index contributed by atoms with van der Waals surface area (Å²) in [6.07, 6.45) is 0. The van der Waals surface area contributed by atoms with E-state index in [-0.39, 0.29) is 0 Å². The van der Waals surface area contributed by atoms with Crippen LogP contribution in [0.5, 0.6) is 23.0 Å². The average Bonchev–Trinajstić information content (AvgIpc) is 3.33. The van der Waals surface area contributed by atoms with Gasteiger partial charge in [0, 0.05) is 45.5 Å². The van der Waals surface area contributed by atoms with E-state index in [2.05, 4.69) is 131 Å². The molecule has 4 N–H and O–H groups in total. The third kappa shape index (κ3) is 8.76. The van der Waals surface area contributed by atoms with Crippen molar-refractivity contribution in [1.29, 1.82) is 0 Å². The maximum Gasteiger partial charge on any atom is 0.119 e. The van der Waals surface area contributed by atoms with E-state index in [0.29, 0.717) is 11.4 Å². The van der Waals surface area contributed by atoms with Gasteiger partial charge in [0.2, 0.25) is 0 Å². The first-order valence-corrected chi connectivity index (χ1v) is 20.2. The van der Waals surface area contributed by atoms with Gasteiger partial charge in [0.15, 0.2) is 0 Å². The van der Waals surface area contributed by atoms with Crippen molar-refractivity contribution in [3.05, 3.63) is 216 Å². The molecular weight excluding hydrogens is 769 g/mol. The Morgan fingerprint density at radius 2 is 0.452 bits per heavy atom. The van der Waals surface area contributed by atoms with Crippen LogP contribution in [0.4, 0.5) is 45.5 Å². The van der Waals surface area contributed by atoms with E-state index in [4.69, 9.17) is 30.4 Å². The maximum atomic E-state index is 6.28. The van der Waals surface area contributed by atoms with E-state index < -0.39 is 0 Å². The lowest BCUT2D eigenvalue weighted by Crippen LogP contribution is -2.10. The van der Waals surface area contributed by atoms with E-state index in [1.807, 2.05) is 72.8 Å². The lowest BCUT2D eigenvalue weighted by atomic mass is 9.85. The molecule has 0 radical (unpaired) electrons. The largest absolute Gasteiger partial charge is 0.497 e. The smallest absolute Gasteiger partial charge is 0.119 e. The van der Waals surface area contributed by atoms with Crippen LogP contribution < -0.4 is 40.2 Å². The zero-order chi connectivity index (χ0) is 43.0. The molecule has 8 heteroatoms. The highest BCUT2D eigenvalue weighted by Gasteiger charge is 2.20. The molecule has 0 aliphatic rings. The molecule has 0 spiro atoms. The van der Waals surface area contributed by atoms with Gasteiger partial charge in [-0.2, -0.15) is 0 Å². The van der Waals surface area contributed by atoms with E-state index in [1.165, 1.54) is 0 Å². The van der Waals surface area contributed by atoms with Gasteiger partial charge in [-0.1, -0.05) is 48.5 Å². The average molecular weight is 817 g/mol. The normalized spacial score (nSPS) is 11.3. The number of nitrogens with zero attached hydrogens (tertiary/aromatic N) is 2. The molecule has 0 aromatic heterocycles. The molecule has 62 heavy (non-hydrogen) atoms. The summed E-state index contributed by atoms with van der Waals surface area (Å²) in [4.78, 5) is 4.43. The second-order valence-corrected chi connectivity index (χ2v) is 14.6. The second kappa shape index (κ2) is 18.4. The molecule has 0 aliphatic carbocycles. The highest BCUT2D eigenvalue weighted by molar-refractivity contribution is 6.05. The summed E-state index contributed by atoms with van der Waals surface area (Å²) < 4.78 is 22.0. The monoisotopic (exact) mass is 816 g/mol. The molecule has 8 rings (SSSR count). The minimum absolute atomic E-state index is 0.689. The molecule has 0 amide bonds. The Bertz CT molecular complexity index is 2450. The Kier molecular flexibility index (Phi) is 12.1. The number of nitrogens with two attached hydrogens (primary N) is 2. The number of methoxy groups -OCH3 is 4. The van der Waals surface area contributed by atoms with Crippen molar-refractivity contribution in [2.75, 3.05) is 49.7 Å². The standard InChI is InChI=1S/C54H48N4O4/c1-59-49-29-21-45(22-30-49)57(46-23-31-50(60-2)32-24-46)43-17-9-39(10-18-43)53(37-5-13-41(55)14-6-37)54(38-7-15-42(56)16-8-38)40-11-19-44(20-12-40)58(47-25-33-51(61-3)34-26-47)48-27-35-52(62-4)36-28-48/h5-36H,55-56H2,1-4H3. The van der Waals surface area contributed by atoms with E-state index in [1.54, 1.807) is 28.4 Å². The van der Waals surface area contributed by atoms with Gasteiger partial charge in [-0.3, -0.25) is 0 Å². The third-order valence-electron chi connectivity index (χ3n) is 10.8. The maximum absolute atomic E-state index is 6.28. The number of ether oxygens (including phenoxy) is 4. The first-order chi connectivity index (χ1) is 30.3. The summed E-state index contributed by atoms with van der Waals surface area (Å²) in [7, 11) is 6.70. The van der Waals surface area contributed by atoms with E-state index >= 15 is 0 Å². The molecule has 8 nitrogen and oxygen atoms in total. The van der Waals surface area contributed by atoms with Crippen LogP contribution in [0.3, 0.4) is 0 Å². The Morgan fingerprint density at radius 1 is 0.274 bits per heavy atom. The van der Waals surface area contributed by atoms with Crippen molar-refractivity contribution in [3.63, 3.8) is 0 Å². The van der Waals surface area contributed by atoms with Crippen molar-refractivity contribution in [1.82, 2.24) is 0 Å². The Hall–Kier alpha value is -8.10. The van der Waals surface area contributed by atoms with Crippen LogP contribution in [0.1, 0.15) is 22.3 Å². The van der Waals surface area contributed by atoms with Crippen LogP contribution in [0.2, 0.25) is 0 Å². The zero-order valence-corrected chi connectivity index (χ0v) is 35.2. The molecule has 308 valence electrons. The molecule has 0 aliphatic heterocycles. The minimum Gasteiger partial charge on any atom is -0.497 e. The van der Waals surface area contributed by atoms with Gasteiger partial charge >= 0.3 is 0 Å². The second-order valence-electron chi connectivity index (χ2n) is 14.6. The predicted molar refractivity (Wildman–Crippen MR) is 255 cm³/mol. The van der Waals surface area contributed by atoms with Crippen LogP contribution in [-0.2, 0) is 0 Å². The quantitative estimate of drug-likeness (QED) is 0.0827. The van der Waals surface area contributed by atoms with Crippen molar-refractivity contribution in [2.24, 2.45) is 0 Å². The van der Waals surface area contributed by atoms with Crippen molar-refractivity contribution in [2.45, 2.75) is 0 Å². The number of benzene rings is 8. The fourth-order valence-electron chi connectivity index (χ4n) is 7.58. The fourth-order valence-corrected chi connectivity index (χ4v) is 7.58. The molecular formula is C54H48N4O4. The van der Waals surface area contributed by atoms with Gasteiger partial charge < -0.3 is 40.2 Å². The zero-order valence-electron chi connectivity index (χ0n) is 35.2. The highest BCUT2D eigenvalue weighted by Crippen LogP contribution is 2.42. The van der Waals surface area contributed by atoms with E-state index in [9.17, 15) is 0 Å². The summed E-state index contributed by atoms with van der Waals surface area (Å²) in [6.45, 7) is 0. The molecule has 0 bridgehead atoms. The highest BCUT2D eigenvalue weighted by atomic mass is 16.5. The Balaban J connectivity index is 1.28. The number of rotatable bonds is 14. The lowest BCUT2D eigenvalue weighted by molar-refractivity contribution is 0.414. The topological polar surface area (TPSA) is 95.4 Å². The summed E-state index contributed by atoms with van der Waals surface area (Å²) in [6, 6.07) is 65.7. The molecule has 0 unspecified atom stereocenters. The molecule has 8 aromatic carbocycles. The number of hydrogen-bond donors (Lipinski definition) is 2. The number of hydrogen-bond acceptors (Lipinski definition) is 8. The lowest BCUT2D eigenvalue weighted by Gasteiger charge is -2.27. The van der Waals surface area contributed by atoms with Crippen molar-refractivity contribution in [3.8, 4) is 23.0 Å². The van der Waals surface area contributed by atoms with Crippen LogP contribution in [-0.4, -0.2) is 28.4 Å². The van der Waals surface area contributed by atoms with Crippen LogP contribution in [0.15, 0.2) is 194 Å². The van der Waals surface area contributed by atoms with Crippen molar-refractivity contribution >= 4 is 56.6 Å². The number of anilines is 8. The first-order valence-electron chi connectivity index (χ1n) is 20.2. The first kappa shape index (κ1) is 40.7. The van der Waals surface area contributed by atoms with Crippen LogP contribution in [0, 0.1) is 0 Å². The third-order valence-corrected chi connectivity index (χ3v) is 10.8. The van der Waals surface area contributed by atoms with Crippen LogP contribution >= 0.6 is 0 Å². The summed E-state index contributed by atoms with van der Waals surface area (Å²) in [5.74, 6) is 3.15. The minimum atomic E-state index is 0.689. The van der Waals surface area contributed by atoms with Gasteiger partial charge in [0.1, 0.15) is 23.0 Å². The van der Waals surface area contributed by atoms with Crippen molar-refractivity contribution < 1.29 is 18.9 Å². The van der Waals surface area contributed by atoms with Gasteiger partial charge in [-0.15, -0.1) is 0 Å². The molecule has 0 saturated heterocycles. The van der Waals surface area contributed by atoms with Crippen LogP contribution in [0.25, 0.3) is 11.1 Å². The summed E-state index contributed by atoms with van der Waals surface area (Å²) in [5.41, 5.74) is 26.0. The molecule has 8 aromatic rings. The van der Waals surface area contributed by atoms with Gasteiger partial charge in [-0.25, -0.2) is 0 Å². The summed E-state index contributed by atoms with van der Waals surface area (Å²) in [5, 5.41) is 0. The number of nitrogen functional groups attached to an aromatic ring is 2. The van der Waals surface area contributed by atoms with Gasteiger partial charge in [0.25, 0.3) is 0 Å². The predicted octanol–water partition coefficient (Wildman–Crippen LogP) is 12.8. The Morgan fingerprint density at radius 3 is 0.645 bits per heavy atom. The summed E-state index contributed by atoms with van der Waals surface area (Å²) >= 11 is 0. The van der Waals surface area contributed by atoms with E-state index in [0.717, 1.165) is 90.5 Å². The molecule has 0 saturated carbocycles.